The fourth-order valence-electron chi connectivity index (χ4n) is 4.29. The van der Waals surface area contributed by atoms with Crippen LogP contribution in [-0.2, 0) is 14.4 Å². The molecule has 3 aliphatic rings. The van der Waals surface area contributed by atoms with Gasteiger partial charge in [0.25, 0.3) is 0 Å². The van der Waals surface area contributed by atoms with Gasteiger partial charge in [0.15, 0.2) is 0 Å². The van der Waals surface area contributed by atoms with Gasteiger partial charge in [0.1, 0.15) is 0 Å². The van der Waals surface area contributed by atoms with Crippen LogP contribution >= 0.6 is 0 Å². The van der Waals surface area contributed by atoms with Crippen molar-refractivity contribution in [3.63, 3.8) is 0 Å². The normalized spacial score (nSPS) is 37.5. The van der Waals surface area contributed by atoms with Crippen molar-refractivity contribution in [2.24, 2.45) is 5.92 Å². The number of nitrogens with zero attached hydrogens (tertiary/aromatic N) is 2. The molecule has 0 aromatic heterocycles. The number of hydrogen-bond donors (Lipinski definition) is 1. The molecule has 3 saturated heterocycles. The number of carbonyl (C=O) groups is 3. The molecule has 0 aromatic carbocycles. The molecule has 3 fully saturated rings. The lowest BCUT2D eigenvalue weighted by molar-refractivity contribution is -0.145. The second kappa shape index (κ2) is 5.09. The fourth-order valence-corrected chi connectivity index (χ4v) is 4.29. The van der Waals surface area contributed by atoms with E-state index < -0.39 is 12.0 Å². The molecule has 0 radical (unpaired) electrons. The molecule has 6 heteroatoms. The van der Waals surface area contributed by atoms with E-state index in [2.05, 4.69) is 0 Å². The van der Waals surface area contributed by atoms with E-state index in [1.807, 2.05) is 18.7 Å². The number of aliphatic carboxylic acids is 1. The minimum atomic E-state index is -0.775. The predicted octanol–water partition coefficient (Wildman–Crippen LogP) is 0.850. The van der Waals surface area contributed by atoms with Crippen molar-refractivity contribution in [2.75, 3.05) is 0 Å². The highest BCUT2D eigenvalue weighted by molar-refractivity contribution is 6.06. The molecule has 3 heterocycles. The van der Waals surface area contributed by atoms with Gasteiger partial charge in [-0.1, -0.05) is 6.92 Å². The Hall–Kier alpha value is -1.43. The van der Waals surface area contributed by atoms with E-state index in [9.17, 15) is 19.5 Å². The summed E-state index contributed by atoms with van der Waals surface area (Å²) in [5.74, 6) is -1.40. The smallest absolute Gasteiger partial charge is 0.308 e. The van der Waals surface area contributed by atoms with E-state index in [4.69, 9.17) is 0 Å². The summed E-state index contributed by atoms with van der Waals surface area (Å²) in [4.78, 5) is 39.5. The molecule has 5 atom stereocenters. The molecular formula is C15H22N2O4. The summed E-state index contributed by atoms with van der Waals surface area (Å²) >= 11 is 0. The van der Waals surface area contributed by atoms with Gasteiger partial charge in [0, 0.05) is 18.1 Å². The summed E-state index contributed by atoms with van der Waals surface area (Å²) in [6.07, 6.45) is 3.33. The highest BCUT2D eigenvalue weighted by Crippen LogP contribution is 2.45. The van der Waals surface area contributed by atoms with Crippen LogP contribution in [0.25, 0.3) is 0 Å². The summed E-state index contributed by atoms with van der Waals surface area (Å²) in [7, 11) is 0. The van der Waals surface area contributed by atoms with Crippen LogP contribution in [0.15, 0.2) is 0 Å². The molecule has 2 amide bonds. The van der Waals surface area contributed by atoms with Gasteiger partial charge < -0.3 is 5.11 Å². The minimum Gasteiger partial charge on any atom is -0.481 e. The Balaban J connectivity index is 1.81. The van der Waals surface area contributed by atoms with Crippen LogP contribution in [-0.4, -0.2) is 56.9 Å². The highest BCUT2D eigenvalue weighted by Gasteiger charge is 2.56. The Labute approximate surface area is 124 Å². The molecule has 3 rings (SSSR count). The highest BCUT2D eigenvalue weighted by atomic mass is 16.4. The van der Waals surface area contributed by atoms with E-state index in [0.29, 0.717) is 6.42 Å². The number of likely N-dealkylation sites (tertiary alicyclic amines) is 1. The Bertz CT molecular complexity index is 492. The van der Waals surface area contributed by atoms with Gasteiger partial charge in [0.05, 0.1) is 18.4 Å². The Morgan fingerprint density at radius 3 is 2.67 bits per heavy atom. The first-order valence-corrected chi connectivity index (χ1v) is 7.81. The van der Waals surface area contributed by atoms with Crippen LogP contribution in [0.4, 0.5) is 0 Å². The van der Waals surface area contributed by atoms with Crippen molar-refractivity contribution < 1.29 is 19.5 Å². The Kier molecular flexibility index (Phi) is 3.51. The summed E-state index contributed by atoms with van der Waals surface area (Å²) in [5, 5.41) is 9.30. The average Bonchev–Trinajstić information content (AvgIpc) is 3.09. The van der Waals surface area contributed by atoms with Crippen LogP contribution in [0.5, 0.6) is 0 Å². The molecule has 1 N–H and O–H groups in total. The molecular weight excluding hydrogens is 272 g/mol. The summed E-state index contributed by atoms with van der Waals surface area (Å²) in [6, 6.07) is -0.445. The second-order valence-electron chi connectivity index (χ2n) is 6.51. The van der Waals surface area contributed by atoms with Gasteiger partial charge in [-0.25, -0.2) is 0 Å². The van der Waals surface area contributed by atoms with Crippen molar-refractivity contribution in [1.29, 1.82) is 0 Å². The first kappa shape index (κ1) is 14.5. The Morgan fingerprint density at radius 2 is 2.10 bits per heavy atom. The maximum absolute atomic E-state index is 12.6. The number of carboxylic acid groups (broad SMARTS) is 1. The Morgan fingerprint density at radius 1 is 1.38 bits per heavy atom. The number of imide groups is 1. The molecule has 5 unspecified atom stereocenters. The zero-order valence-corrected chi connectivity index (χ0v) is 12.5. The summed E-state index contributed by atoms with van der Waals surface area (Å²) in [5.41, 5.74) is 0. The van der Waals surface area contributed by atoms with Gasteiger partial charge in [-0.05, 0) is 32.6 Å². The average molecular weight is 294 g/mol. The van der Waals surface area contributed by atoms with E-state index in [0.717, 1.165) is 19.3 Å². The number of carbonyl (C=O) groups excluding carboxylic acids is 2. The van der Waals surface area contributed by atoms with Gasteiger partial charge in [0.2, 0.25) is 11.8 Å². The van der Waals surface area contributed by atoms with Gasteiger partial charge in [-0.2, -0.15) is 0 Å². The van der Waals surface area contributed by atoms with Crippen LogP contribution in [0, 0.1) is 5.92 Å². The second-order valence-corrected chi connectivity index (χ2v) is 6.51. The van der Waals surface area contributed by atoms with Gasteiger partial charge in [-0.15, -0.1) is 0 Å². The molecule has 6 nitrogen and oxygen atoms in total. The van der Waals surface area contributed by atoms with Gasteiger partial charge >= 0.3 is 5.97 Å². The molecule has 0 spiro atoms. The lowest BCUT2D eigenvalue weighted by Crippen LogP contribution is -2.47. The molecule has 0 aromatic rings. The van der Waals surface area contributed by atoms with Crippen molar-refractivity contribution >= 4 is 17.8 Å². The molecule has 21 heavy (non-hydrogen) atoms. The third-order valence-corrected chi connectivity index (χ3v) is 5.46. The van der Waals surface area contributed by atoms with Crippen molar-refractivity contribution in [3.05, 3.63) is 0 Å². The topological polar surface area (TPSA) is 77.9 Å². The number of rotatable bonds is 4. The fraction of sp³-hybridized carbons (Fsp3) is 0.800. The summed E-state index contributed by atoms with van der Waals surface area (Å²) < 4.78 is 0. The molecule has 0 saturated carbocycles. The monoisotopic (exact) mass is 294 g/mol. The molecule has 116 valence electrons. The third kappa shape index (κ3) is 2.08. The van der Waals surface area contributed by atoms with Crippen molar-refractivity contribution in [3.8, 4) is 0 Å². The maximum Gasteiger partial charge on any atom is 0.308 e. The molecule has 2 bridgehead atoms. The van der Waals surface area contributed by atoms with Crippen LogP contribution in [0.3, 0.4) is 0 Å². The SMILES string of the molecule is CCC(C)N1C(=O)CC(N2C3CCC2C(C(=O)O)C3)C1=O. The van der Waals surface area contributed by atoms with E-state index in [1.54, 1.807) is 0 Å². The van der Waals surface area contributed by atoms with Crippen molar-refractivity contribution in [1.82, 2.24) is 9.80 Å². The standard InChI is InChI=1S/C15H22N2O4/c1-3-8(2)16-13(18)7-12(14(16)19)17-9-4-5-11(17)10(6-9)15(20)21/h8-12H,3-7H2,1-2H3,(H,20,21). The van der Waals surface area contributed by atoms with Gasteiger partial charge in [-0.3, -0.25) is 24.2 Å². The van der Waals surface area contributed by atoms with Crippen molar-refractivity contribution in [2.45, 2.75) is 70.1 Å². The maximum atomic E-state index is 12.6. The van der Waals surface area contributed by atoms with E-state index in [1.165, 1.54) is 4.90 Å². The van der Waals surface area contributed by atoms with Crippen LogP contribution in [0.1, 0.15) is 46.0 Å². The first-order valence-electron chi connectivity index (χ1n) is 7.81. The van der Waals surface area contributed by atoms with E-state index >= 15 is 0 Å². The largest absolute Gasteiger partial charge is 0.481 e. The lowest BCUT2D eigenvalue weighted by Gasteiger charge is -2.28. The molecule has 0 aliphatic carbocycles. The van der Waals surface area contributed by atoms with Crippen LogP contribution < -0.4 is 0 Å². The summed E-state index contributed by atoms with van der Waals surface area (Å²) in [6.45, 7) is 3.84. The number of hydrogen-bond acceptors (Lipinski definition) is 4. The molecule has 3 aliphatic heterocycles. The lowest BCUT2D eigenvalue weighted by atomic mass is 9.89. The first-order chi connectivity index (χ1) is 9.95. The van der Waals surface area contributed by atoms with Crippen LogP contribution in [0.2, 0.25) is 0 Å². The number of fused-ring (bicyclic) bond motifs is 2. The number of amides is 2. The zero-order valence-electron chi connectivity index (χ0n) is 12.5. The third-order valence-electron chi connectivity index (χ3n) is 5.46. The predicted molar refractivity (Wildman–Crippen MR) is 74.4 cm³/mol. The zero-order chi connectivity index (χ0) is 15.3. The number of carboxylic acids is 1. The minimum absolute atomic E-state index is 0.0777. The quantitative estimate of drug-likeness (QED) is 0.778. The van der Waals surface area contributed by atoms with E-state index in [-0.39, 0.29) is 42.3 Å².